The van der Waals surface area contributed by atoms with Crippen molar-refractivity contribution in [2.24, 2.45) is 0 Å². The number of hydrogen-bond donors (Lipinski definition) is 2. The highest BCUT2D eigenvalue weighted by atomic mass is 32.1. The van der Waals surface area contributed by atoms with Crippen LogP contribution in [0.1, 0.15) is 41.4 Å². The van der Waals surface area contributed by atoms with Crippen molar-refractivity contribution in [2.75, 3.05) is 0 Å². The number of amides is 1. The lowest BCUT2D eigenvalue weighted by Crippen LogP contribution is -2.23. The van der Waals surface area contributed by atoms with Gasteiger partial charge in [-0.25, -0.2) is 0 Å². The number of aromatic nitrogens is 2. The lowest BCUT2D eigenvalue weighted by atomic mass is 10.0. The number of hydrogen-bond acceptors (Lipinski definition) is 3. The predicted octanol–water partition coefficient (Wildman–Crippen LogP) is 4.19. The number of benzene rings is 1. The average molecular weight is 325 g/mol. The van der Waals surface area contributed by atoms with E-state index in [2.05, 4.69) is 53.6 Å². The molecule has 0 fully saturated rings. The Balaban J connectivity index is 1.61. The summed E-state index contributed by atoms with van der Waals surface area (Å²) in [6.07, 6.45) is 0. The Morgan fingerprint density at radius 1 is 1.26 bits per heavy atom. The van der Waals surface area contributed by atoms with Gasteiger partial charge in [-0.2, -0.15) is 5.10 Å². The molecule has 0 saturated carbocycles. The molecule has 3 aromatic rings. The molecule has 2 heterocycles. The van der Waals surface area contributed by atoms with E-state index in [1.165, 1.54) is 5.56 Å². The largest absolute Gasteiger partial charge is 0.347 e. The maximum absolute atomic E-state index is 12.2. The van der Waals surface area contributed by atoms with Crippen LogP contribution >= 0.6 is 11.3 Å². The van der Waals surface area contributed by atoms with Gasteiger partial charge < -0.3 is 5.32 Å². The first-order valence-corrected chi connectivity index (χ1v) is 8.48. The second-order valence-corrected chi connectivity index (χ2v) is 6.67. The molecule has 0 radical (unpaired) electrons. The molecule has 0 bridgehead atoms. The van der Waals surface area contributed by atoms with Gasteiger partial charge in [0.2, 0.25) is 0 Å². The van der Waals surface area contributed by atoms with Gasteiger partial charge in [-0.05, 0) is 34.6 Å². The summed E-state index contributed by atoms with van der Waals surface area (Å²) in [5, 5.41) is 11.9. The van der Waals surface area contributed by atoms with E-state index >= 15 is 0 Å². The molecular weight excluding hydrogens is 306 g/mol. The SMILES string of the molecule is CC(C)c1ccc(CNC(=O)c2cc(-c3cccs3)[nH]n2)cc1. The highest BCUT2D eigenvalue weighted by Crippen LogP contribution is 2.22. The Labute approximate surface area is 139 Å². The van der Waals surface area contributed by atoms with Gasteiger partial charge in [-0.15, -0.1) is 11.3 Å². The predicted molar refractivity (Wildman–Crippen MR) is 93.6 cm³/mol. The number of carbonyl (C=O) groups excluding carboxylic acids is 1. The first kappa shape index (κ1) is 15.5. The van der Waals surface area contributed by atoms with Crippen molar-refractivity contribution in [3.8, 4) is 10.6 Å². The lowest BCUT2D eigenvalue weighted by molar-refractivity contribution is 0.0946. The Kier molecular flexibility index (Phi) is 4.57. The van der Waals surface area contributed by atoms with Gasteiger partial charge >= 0.3 is 0 Å². The maximum Gasteiger partial charge on any atom is 0.272 e. The van der Waals surface area contributed by atoms with Crippen LogP contribution in [0, 0.1) is 0 Å². The standard InChI is InChI=1S/C18H19N3OS/c1-12(2)14-7-5-13(6-8-14)11-19-18(22)16-10-15(20-21-16)17-4-3-9-23-17/h3-10,12H,11H2,1-2H3,(H,19,22)(H,20,21). The molecule has 5 heteroatoms. The van der Waals surface area contributed by atoms with Crippen molar-refractivity contribution in [3.05, 3.63) is 64.7 Å². The summed E-state index contributed by atoms with van der Waals surface area (Å²) in [6.45, 7) is 4.83. The third-order valence-corrected chi connectivity index (χ3v) is 4.60. The number of aromatic amines is 1. The third kappa shape index (κ3) is 3.68. The fourth-order valence-corrected chi connectivity index (χ4v) is 2.98. The summed E-state index contributed by atoms with van der Waals surface area (Å²) < 4.78 is 0. The number of nitrogens with one attached hydrogen (secondary N) is 2. The van der Waals surface area contributed by atoms with E-state index in [4.69, 9.17) is 0 Å². The van der Waals surface area contributed by atoms with E-state index in [0.29, 0.717) is 18.2 Å². The minimum absolute atomic E-state index is 0.169. The number of thiophene rings is 1. The lowest BCUT2D eigenvalue weighted by Gasteiger charge is -2.07. The van der Waals surface area contributed by atoms with E-state index < -0.39 is 0 Å². The molecular formula is C18H19N3OS. The molecule has 0 aliphatic carbocycles. The monoisotopic (exact) mass is 325 g/mol. The van der Waals surface area contributed by atoms with E-state index in [0.717, 1.165) is 16.1 Å². The number of nitrogens with zero attached hydrogens (tertiary/aromatic N) is 1. The zero-order valence-corrected chi connectivity index (χ0v) is 14.0. The zero-order valence-electron chi connectivity index (χ0n) is 13.2. The molecule has 0 atom stereocenters. The van der Waals surface area contributed by atoms with E-state index in [9.17, 15) is 4.79 Å². The fraction of sp³-hybridized carbons (Fsp3) is 0.222. The number of rotatable bonds is 5. The second kappa shape index (κ2) is 6.79. The van der Waals surface area contributed by atoms with Crippen LogP contribution in [0.2, 0.25) is 0 Å². The number of carbonyl (C=O) groups is 1. The summed E-state index contributed by atoms with van der Waals surface area (Å²) in [4.78, 5) is 13.3. The van der Waals surface area contributed by atoms with E-state index in [1.54, 1.807) is 17.4 Å². The molecule has 2 N–H and O–H groups in total. The molecule has 0 saturated heterocycles. The van der Waals surface area contributed by atoms with Crippen LogP contribution in [0.15, 0.2) is 47.8 Å². The first-order chi connectivity index (χ1) is 11.1. The van der Waals surface area contributed by atoms with Gasteiger partial charge in [0.15, 0.2) is 5.69 Å². The highest BCUT2D eigenvalue weighted by molar-refractivity contribution is 7.13. The van der Waals surface area contributed by atoms with E-state index in [-0.39, 0.29) is 5.91 Å². The van der Waals surface area contributed by atoms with Crippen LogP contribution in [0.5, 0.6) is 0 Å². The molecule has 1 amide bonds. The quantitative estimate of drug-likeness (QED) is 0.739. The molecule has 1 aromatic carbocycles. The fourth-order valence-electron chi connectivity index (χ4n) is 2.29. The van der Waals surface area contributed by atoms with Crippen LogP contribution in [0.25, 0.3) is 10.6 Å². The van der Waals surface area contributed by atoms with Crippen molar-refractivity contribution >= 4 is 17.2 Å². The molecule has 0 aliphatic heterocycles. The Hall–Kier alpha value is -2.40. The van der Waals surface area contributed by atoms with Gasteiger partial charge in [-0.1, -0.05) is 44.2 Å². The molecule has 0 aliphatic rings. The van der Waals surface area contributed by atoms with Crippen LogP contribution in [-0.4, -0.2) is 16.1 Å². The summed E-state index contributed by atoms with van der Waals surface area (Å²) >= 11 is 1.61. The van der Waals surface area contributed by atoms with Crippen molar-refractivity contribution in [1.82, 2.24) is 15.5 Å². The van der Waals surface area contributed by atoms with Gasteiger partial charge in [0, 0.05) is 6.54 Å². The molecule has 0 unspecified atom stereocenters. The van der Waals surface area contributed by atoms with Crippen molar-refractivity contribution in [3.63, 3.8) is 0 Å². The van der Waals surface area contributed by atoms with Gasteiger partial charge in [-0.3, -0.25) is 9.89 Å². The van der Waals surface area contributed by atoms with Crippen LogP contribution in [0.4, 0.5) is 0 Å². The minimum Gasteiger partial charge on any atom is -0.347 e. The molecule has 4 nitrogen and oxygen atoms in total. The minimum atomic E-state index is -0.169. The Bertz CT molecular complexity index is 773. The molecule has 2 aromatic heterocycles. The normalized spacial score (nSPS) is 10.9. The zero-order chi connectivity index (χ0) is 16.2. The van der Waals surface area contributed by atoms with Crippen LogP contribution in [0.3, 0.4) is 0 Å². The summed E-state index contributed by atoms with van der Waals surface area (Å²) in [6, 6.07) is 14.1. The molecule has 0 spiro atoms. The summed E-state index contributed by atoms with van der Waals surface area (Å²) in [5.41, 5.74) is 3.66. The summed E-state index contributed by atoms with van der Waals surface area (Å²) in [7, 11) is 0. The van der Waals surface area contributed by atoms with Crippen molar-refractivity contribution in [1.29, 1.82) is 0 Å². The van der Waals surface area contributed by atoms with Crippen LogP contribution < -0.4 is 5.32 Å². The topological polar surface area (TPSA) is 57.8 Å². The maximum atomic E-state index is 12.2. The van der Waals surface area contributed by atoms with E-state index in [1.807, 2.05) is 17.5 Å². The van der Waals surface area contributed by atoms with Gasteiger partial charge in [0.25, 0.3) is 5.91 Å². The summed E-state index contributed by atoms with van der Waals surface area (Å²) in [5.74, 6) is 0.343. The Morgan fingerprint density at radius 2 is 2.04 bits per heavy atom. The van der Waals surface area contributed by atoms with Gasteiger partial charge in [0.05, 0.1) is 10.6 Å². The molecule has 118 valence electrons. The van der Waals surface area contributed by atoms with Crippen LogP contribution in [-0.2, 0) is 6.54 Å². The Morgan fingerprint density at radius 3 is 2.70 bits per heavy atom. The molecule has 3 rings (SSSR count). The third-order valence-electron chi connectivity index (χ3n) is 3.70. The molecule has 23 heavy (non-hydrogen) atoms. The van der Waals surface area contributed by atoms with Crippen molar-refractivity contribution < 1.29 is 4.79 Å². The second-order valence-electron chi connectivity index (χ2n) is 5.72. The number of H-pyrrole nitrogens is 1. The van der Waals surface area contributed by atoms with Gasteiger partial charge in [0.1, 0.15) is 0 Å². The first-order valence-electron chi connectivity index (χ1n) is 7.60. The van der Waals surface area contributed by atoms with Crippen molar-refractivity contribution in [2.45, 2.75) is 26.3 Å². The smallest absolute Gasteiger partial charge is 0.272 e. The average Bonchev–Trinajstić information content (AvgIpc) is 3.23. The highest BCUT2D eigenvalue weighted by Gasteiger charge is 2.11.